The number of aromatic nitrogens is 2. The van der Waals surface area contributed by atoms with Crippen LogP contribution in [0, 0.1) is 0 Å². The summed E-state index contributed by atoms with van der Waals surface area (Å²) in [7, 11) is 1.25. The van der Waals surface area contributed by atoms with Gasteiger partial charge in [-0.25, -0.2) is 12.7 Å². The number of piperazine rings is 1. The van der Waals surface area contributed by atoms with Gasteiger partial charge < -0.3 is 9.84 Å². The Morgan fingerprint density at radius 3 is 2.77 bits per heavy atom. The summed E-state index contributed by atoms with van der Waals surface area (Å²) in [6.07, 6.45) is 0. The number of hydrogen-bond donors (Lipinski definition) is 1. The molecule has 1 aliphatic heterocycles. The van der Waals surface area contributed by atoms with Gasteiger partial charge in [0, 0.05) is 39.3 Å². The van der Waals surface area contributed by atoms with Crippen LogP contribution in [0.3, 0.4) is 0 Å². The van der Waals surface area contributed by atoms with Crippen molar-refractivity contribution in [1.82, 2.24) is 24.7 Å². The zero-order valence-electron chi connectivity index (χ0n) is 14.6. The largest absolute Gasteiger partial charge is 0.334 e. The highest BCUT2D eigenvalue weighted by molar-refractivity contribution is 7.89. The molecule has 0 saturated carbocycles. The Bertz CT molecular complexity index is 872. The molecule has 2 heterocycles. The minimum Gasteiger partial charge on any atom is -0.334 e. The second-order valence-corrected chi connectivity index (χ2v) is 8.62. The standard InChI is InChI=1S/C15H20ClN5O3S.ClH/c1-20(2)25(22,23)13-8-10(4-5-11(13)16)15-18-14(19-24-15)12-9-17-6-7-21(12)3;/h4-5,8,12,17H,6-7,9H2,1-3H3;1H. The van der Waals surface area contributed by atoms with E-state index in [1.54, 1.807) is 6.07 Å². The summed E-state index contributed by atoms with van der Waals surface area (Å²) in [5.41, 5.74) is 0.509. The van der Waals surface area contributed by atoms with E-state index in [1.165, 1.54) is 26.2 Å². The minimum absolute atomic E-state index is 0. The number of rotatable bonds is 4. The molecule has 1 saturated heterocycles. The highest BCUT2D eigenvalue weighted by Gasteiger charge is 2.26. The van der Waals surface area contributed by atoms with Gasteiger partial charge in [-0.3, -0.25) is 4.90 Å². The second kappa shape index (κ2) is 8.20. The van der Waals surface area contributed by atoms with E-state index in [0.29, 0.717) is 11.4 Å². The van der Waals surface area contributed by atoms with Crippen molar-refractivity contribution < 1.29 is 12.9 Å². The fraction of sp³-hybridized carbons (Fsp3) is 0.467. The molecule has 144 valence electrons. The third kappa shape index (κ3) is 4.03. The number of nitrogens with zero attached hydrogens (tertiary/aromatic N) is 4. The van der Waals surface area contributed by atoms with Gasteiger partial charge in [-0.15, -0.1) is 12.4 Å². The topological polar surface area (TPSA) is 91.6 Å². The molecule has 1 fully saturated rings. The maximum Gasteiger partial charge on any atom is 0.258 e. The number of sulfonamides is 1. The van der Waals surface area contributed by atoms with E-state index in [9.17, 15) is 8.42 Å². The quantitative estimate of drug-likeness (QED) is 0.801. The molecule has 2 aromatic rings. The van der Waals surface area contributed by atoms with Gasteiger partial charge in [-0.1, -0.05) is 16.8 Å². The molecule has 0 bridgehead atoms. The molecule has 0 spiro atoms. The molecule has 0 aliphatic carbocycles. The van der Waals surface area contributed by atoms with Crippen LogP contribution >= 0.6 is 24.0 Å². The summed E-state index contributed by atoms with van der Waals surface area (Å²) in [4.78, 5) is 6.60. The summed E-state index contributed by atoms with van der Waals surface area (Å²) in [5, 5.41) is 7.50. The van der Waals surface area contributed by atoms with Crippen molar-refractivity contribution in [2.75, 3.05) is 40.8 Å². The third-order valence-electron chi connectivity index (χ3n) is 4.19. The summed E-state index contributed by atoms with van der Waals surface area (Å²) in [5.74, 6) is 0.831. The summed E-state index contributed by atoms with van der Waals surface area (Å²) >= 11 is 6.07. The van der Waals surface area contributed by atoms with Gasteiger partial charge in [0.25, 0.3) is 5.89 Å². The average molecular weight is 422 g/mol. The highest BCUT2D eigenvalue weighted by atomic mass is 35.5. The van der Waals surface area contributed by atoms with Crippen LogP contribution < -0.4 is 5.32 Å². The zero-order chi connectivity index (χ0) is 18.2. The van der Waals surface area contributed by atoms with E-state index >= 15 is 0 Å². The van der Waals surface area contributed by atoms with Gasteiger partial charge in [-0.2, -0.15) is 4.98 Å². The number of hydrogen-bond acceptors (Lipinski definition) is 7. The zero-order valence-corrected chi connectivity index (χ0v) is 17.0. The summed E-state index contributed by atoms with van der Waals surface area (Å²) < 4.78 is 31.2. The molecule has 1 aromatic carbocycles. The van der Waals surface area contributed by atoms with E-state index in [-0.39, 0.29) is 34.3 Å². The van der Waals surface area contributed by atoms with Gasteiger partial charge in [0.05, 0.1) is 11.1 Å². The van der Waals surface area contributed by atoms with Crippen LogP contribution in [0.15, 0.2) is 27.6 Å². The second-order valence-electron chi connectivity index (χ2n) is 6.09. The van der Waals surface area contributed by atoms with Gasteiger partial charge >= 0.3 is 0 Å². The summed E-state index contributed by atoms with van der Waals surface area (Å²) in [6, 6.07) is 4.66. The van der Waals surface area contributed by atoms with E-state index in [0.717, 1.165) is 23.9 Å². The minimum atomic E-state index is -3.67. The van der Waals surface area contributed by atoms with Crippen LogP contribution in [-0.2, 0) is 10.0 Å². The third-order valence-corrected chi connectivity index (χ3v) is 6.48. The first-order valence-electron chi connectivity index (χ1n) is 7.77. The van der Waals surface area contributed by atoms with Crippen molar-refractivity contribution in [2.45, 2.75) is 10.9 Å². The average Bonchev–Trinajstić information content (AvgIpc) is 3.05. The Balaban J connectivity index is 0.00000243. The molecule has 1 unspecified atom stereocenters. The predicted molar refractivity (Wildman–Crippen MR) is 101 cm³/mol. The van der Waals surface area contributed by atoms with Gasteiger partial charge in [-0.05, 0) is 25.2 Å². The smallest absolute Gasteiger partial charge is 0.258 e. The van der Waals surface area contributed by atoms with Crippen molar-refractivity contribution in [3.63, 3.8) is 0 Å². The highest BCUT2D eigenvalue weighted by Crippen LogP contribution is 2.30. The lowest BCUT2D eigenvalue weighted by Crippen LogP contribution is -2.44. The van der Waals surface area contributed by atoms with Gasteiger partial charge in [0.15, 0.2) is 5.82 Å². The summed E-state index contributed by atoms with van der Waals surface area (Å²) in [6.45, 7) is 2.54. The molecule has 0 radical (unpaired) electrons. The molecule has 11 heteroatoms. The molecule has 1 atom stereocenters. The maximum atomic E-state index is 12.4. The lowest BCUT2D eigenvalue weighted by molar-refractivity contribution is 0.190. The van der Waals surface area contributed by atoms with Crippen molar-refractivity contribution in [2.24, 2.45) is 0 Å². The molecule has 0 amide bonds. The number of benzene rings is 1. The first-order valence-corrected chi connectivity index (χ1v) is 9.59. The Morgan fingerprint density at radius 2 is 2.12 bits per heavy atom. The van der Waals surface area contributed by atoms with Crippen molar-refractivity contribution in [3.05, 3.63) is 29.0 Å². The van der Waals surface area contributed by atoms with Crippen LogP contribution in [0.2, 0.25) is 5.02 Å². The lowest BCUT2D eigenvalue weighted by atomic mass is 10.2. The van der Waals surface area contributed by atoms with Crippen LogP contribution in [0.5, 0.6) is 0 Å². The lowest BCUT2D eigenvalue weighted by Gasteiger charge is -2.30. The Kier molecular flexibility index (Phi) is 6.65. The number of likely N-dealkylation sites (N-methyl/N-ethyl adjacent to an activating group) is 1. The fourth-order valence-electron chi connectivity index (χ4n) is 2.61. The molecule has 8 nitrogen and oxygen atoms in total. The van der Waals surface area contributed by atoms with E-state index in [1.807, 2.05) is 7.05 Å². The molecule has 1 aliphatic rings. The van der Waals surface area contributed by atoms with Crippen molar-refractivity contribution in [3.8, 4) is 11.5 Å². The van der Waals surface area contributed by atoms with E-state index in [2.05, 4.69) is 20.4 Å². The van der Waals surface area contributed by atoms with Crippen molar-refractivity contribution in [1.29, 1.82) is 0 Å². The molecule has 3 rings (SSSR count). The molecule has 26 heavy (non-hydrogen) atoms. The molecule has 1 N–H and O–H groups in total. The molecular formula is C15H21Cl2N5O3S. The SMILES string of the molecule is CN1CCNCC1c1noc(-c2ccc(Cl)c(S(=O)(=O)N(C)C)c2)n1.Cl. The first-order chi connectivity index (χ1) is 11.8. The fourth-order valence-corrected chi connectivity index (χ4v) is 4.01. The van der Waals surface area contributed by atoms with Crippen LogP contribution in [0.25, 0.3) is 11.5 Å². The van der Waals surface area contributed by atoms with Crippen LogP contribution in [0.1, 0.15) is 11.9 Å². The van der Waals surface area contributed by atoms with Gasteiger partial charge in [0.2, 0.25) is 10.0 Å². The monoisotopic (exact) mass is 421 g/mol. The first kappa shape index (κ1) is 21.1. The maximum absolute atomic E-state index is 12.4. The van der Waals surface area contributed by atoms with Crippen LogP contribution in [-0.4, -0.2) is 68.5 Å². The van der Waals surface area contributed by atoms with Gasteiger partial charge in [0.1, 0.15) is 4.90 Å². The predicted octanol–water partition coefficient (Wildman–Crippen LogP) is 1.64. The Labute approximate surface area is 164 Å². The van der Waals surface area contributed by atoms with Crippen molar-refractivity contribution >= 4 is 34.0 Å². The number of nitrogens with one attached hydrogen (secondary N) is 1. The van der Waals surface area contributed by atoms with Crippen LogP contribution in [0.4, 0.5) is 0 Å². The molecule has 1 aromatic heterocycles. The van der Waals surface area contributed by atoms with E-state index in [4.69, 9.17) is 16.1 Å². The normalized spacial score (nSPS) is 18.7. The Morgan fingerprint density at radius 1 is 1.38 bits per heavy atom. The molecular weight excluding hydrogens is 401 g/mol. The number of halogens is 2. The Hall–Kier alpha value is -1.23. The van der Waals surface area contributed by atoms with E-state index < -0.39 is 10.0 Å².